The van der Waals surface area contributed by atoms with Gasteiger partial charge in [0, 0.05) is 17.3 Å². The van der Waals surface area contributed by atoms with Gasteiger partial charge in [-0.15, -0.1) is 10.2 Å². The van der Waals surface area contributed by atoms with E-state index in [1.165, 1.54) is 23.9 Å². The fraction of sp³-hybridized carbons (Fsp3) is 0.200. The maximum atomic E-state index is 13.1. The normalized spacial score (nSPS) is 10.7. The van der Waals surface area contributed by atoms with Crippen molar-refractivity contribution in [2.45, 2.75) is 10.9 Å². The Morgan fingerprint density at radius 1 is 1.44 bits per heavy atom. The van der Waals surface area contributed by atoms with Crippen LogP contribution in [-0.4, -0.2) is 14.8 Å². The SMILES string of the molecule is Cn1cnnc1SCc1cc(F)cc(Br)c1. The molecule has 0 spiro atoms. The van der Waals surface area contributed by atoms with Crippen molar-refractivity contribution in [3.05, 3.63) is 40.4 Å². The summed E-state index contributed by atoms with van der Waals surface area (Å²) in [7, 11) is 1.88. The molecule has 0 atom stereocenters. The molecule has 2 aromatic rings. The Balaban J connectivity index is 2.07. The highest BCUT2D eigenvalue weighted by molar-refractivity contribution is 9.10. The number of hydrogen-bond acceptors (Lipinski definition) is 3. The third-order valence-electron chi connectivity index (χ3n) is 1.96. The second kappa shape index (κ2) is 4.97. The lowest BCUT2D eigenvalue weighted by Gasteiger charge is -2.02. The molecular formula is C10H9BrFN3S. The molecule has 1 heterocycles. The van der Waals surface area contributed by atoms with Crippen LogP contribution in [0.25, 0.3) is 0 Å². The number of hydrogen-bond donors (Lipinski definition) is 0. The first-order chi connectivity index (χ1) is 7.65. The second-order valence-corrected chi connectivity index (χ2v) is 5.15. The molecule has 0 aliphatic rings. The Bertz CT molecular complexity index is 480. The summed E-state index contributed by atoms with van der Waals surface area (Å²) in [5, 5.41) is 8.54. The van der Waals surface area contributed by atoms with Crippen molar-refractivity contribution in [2.24, 2.45) is 7.05 Å². The Morgan fingerprint density at radius 2 is 2.25 bits per heavy atom. The maximum absolute atomic E-state index is 13.1. The molecule has 0 bridgehead atoms. The first-order valence-electron chi connectivity index (χ1n) is 4.57. The van der Waals surface area contributed by atoms with Gasteiger partial charge < -0.3 is 4.57 Å². The molecule has 16 heavy (non-hydrogen) atoms. The highest BCUT2D eigenvalue weighted by Gasteiger charge is 2.04. The van der Waals surface area contributed by atoms with Gasteiger partial charge in [-0.25, -0.2) is 4.39 Å². The van der Waals surface area contributed by atoms with Crippen molar-refractivity contribution in [1.29, 1.82) is 0 Å². The van der Waals surface area contributed by atoms with Gasteiger partial charge in [0.25, 0.3) is 0 Å². The number of aryl methyl sites for hydroxylation is 1. The topological polar surface area (TPSA) is 30.7 Å². The van der Waals surface area contributed by atoms with Gasteiger partial charge in [0.1, 0.15) is 12.1 Å². The fourth-order valence-electron chi connectivity index (χ4n) is 1.25. The Hall–Kier alpha value is -0.880. The van der Waals surface area contributed by atoms with Crippen LogP contribution >= 0.6 is 27.7 Å². The van der Waals surface area contributed by atoms with Crippen LogP contribution < -0.4 is 0 Å². The largest absolute Gasteiger partial charge is 0.312 e. The predicted octanol–water partition coefficient (Wildman–Crippen LogP) is 3.01. The van der Waals surface area contributed by atoms with Gasteiger partial charge in [0.05, 0.1) is 0 Å². The lowest BCUT2D eigenvalue weighted by molar-refractivity contribution is 0.625. The molecule has 0 N–H and O–H groups in total. The smallest absolute Gasteiger partial charge is 0.191 e. The third kappa shape index (κ3) is 2.82. The minimum atomic E-state index is -0.233. The third-order valence-corrected chi connectivity index (χ3v) is 3.52. The van der Waals surface area contributed by atoms with Gasteiger partial charge in [-0.3, -0.25) is 0 Å². The Kier molecular flexibility index (Phi) is 3.60. The predicted molar refractivity (Wildman–Crippen MR) is 64.7 cm³/mol. The van der Waals surface area contributed by atoms with Crippen molar-refractivity contribution < 1.29 is 4.39 Å². The fourth-order valence-corrected chi connectivity index (χ4v) is 2.58. The van der Waals surface area contributed by atoms with E-state index in [1.807, 2.05) is 17.7 Å². The van der Waals surface area contributed by atoms with E-state index in [0.717, 1.165) is 15.2 Å². The number of rotatable bonds is 3. The van der Waals surface area contributed by atoms with Crippen LogP contribution in [0.5, 0.6) is 0 Å². The molecular weight excluding hydrogens is 293 g/mol. The monoisotopic (exact) mass is 301 g/mol. The minimum Gasteiger partial charge on any atom is -0.312 e. The molecule has 0 saturated heterocycles. The molecule has 1 aromatic heterocycles. The van der Waals surface area contributed by atoms with E-state index in [2.05, 4.69) is 26.1 Å². The van der Waals surface area contributed by atoms with E-state index < -0.39 is 0 Å². The van der Waals surface area contributed by atoms with Crippen molar-refractivity contribution >= 4 is 27.7 Å². The van der Waals surface area contributed by atoms with Gasteiger partial charge in [-0.2, -0.15) is 0 Å². The number of nitrogens with zero attached hydrogens (tertiary/aromatic N) is 3. The lowest BCUT2D eigenvalue weighted by atomic mass is 10.2. The van der Waals surface area contributed by atoms with E-state index in [4.69, 9.17) is 0 Å². The van der Waals surface area contributed by atoms with Crippen LogP contribution in [0.4, 0.5) is 4.39 Å². The molecule has 0 aliphatic carbocycles. The molecule has 0 saturated carbocycles. The van der Waals surface area contributed by atoms with Crippen molar-refractivity contribution in [2.75, 3.05) is 0 Å². The highest BCUT2D eigenvalue weighted by Crippen LogP contribution is 2.23. The summed E-state index contributed by atoms with van der Waals surface area (Å²) < 4.78 is 15.7. The van der Waals surface area contributed by atoms with E-state index in [-0.39, 0.29) is 5.82 Å². The number of thioether (sulfide) groups is 1. The second-order valence-electron chi connectivity index (χ2n) is 3.29. The molecule has 0 amide bonds. The molecule has 2 rings (SSSR count). The van der Waals surface area contributed by atoms with Gasteiger partial charge in [0.15, 0.2) is 5.16 Å². The van der Waals surface area contributed by atoms with Crippen LogP contribution in [0, 0.1) is 5.82 Å². The van der Waals surface area contributed by atoms with Gasteiger partial charge in [0.2, 0.25) is 0 Å². The highest BCUT2D eigenvalue weighted by atomic mass is 79.9. The zero-order chi connectivity index (χ0) is 11.5. The molecule has 0 unspecified atom stereocenters. The van der Waals surface area contributed by atoms with E-state index in [9.17, 15) is 4.39 Å². The minimum absolute atomic E-state index is 0.233. The van der Waals surface area contributed by atoms with Gasteiger partial charge in [-0.05, 0) is 23.8 Å². The Labute approximate surface area is 105 Å². The van der Waals surface area contributed by atoms with Gasteiger partial charge >= 0.3 is 0 Å². The van der Waals surface area contributed by atoms with E-state index in [1.54, 1.807) is 6.33 Å². The first kappa shape index (κ1) is 11.6. The number of benzene rings is 1. The van der Waals surface area contributed by atoms with Gasteiger partial charge in [-0.1, -0.05) is 27.7 Å². The molecule has 3 nitrogen and oxygen atoms in total. The summed E-state index contributed by atoms with van der Waals surface area (Å²) in [4.78, 5) is 0. The van der Waals surface area contributed by atoms with Crippen LogP contribution in [0.3, 0.4) is 0 Å². The van der Waals surface area contributed by atoms with E-state index in [0.29, 0.717) is 5.75 Å². The van der Waals surface area contributed by atoms with Crippen molar-refractivity contribution in [3.63, 3.8) is 0 Å². The molecule has 1 aromatic carbocycles. The number of aromatic nitrogens is 3. The summed E-state index contributed by atoms with van der Waals surface area (Å²) in [6, 6.07) is 4.86. The summed E-state index contributed by atoms with van der Waals surface area (Å²) in [6.45, 7) is 0. The maximum Gasteiger partial charge on any atom is 0.191 e. The van der Waals surface area contributed by atoms with Crippen LogP contribution in [-0.2, 0) is 12.8 Å². The van der Waals surface area contributed by atoms with Crippen molar-refractivity contribution in [3.8, 4) is 0 Å². The van der Waals surface area contributed by atoms with Crippen LogP contribution in [0.15, 0.2) is 34.2 Å². The average Bonchev–Trinajstić information content (AvgIpc) is 2.59. The molecule has 0 fully saturated rings. The van der Waals surface area contributed by atoms with Crippen LogP contribution in [0.1, 0.15) is 5.56 Å². The zero-order valence-corrected chi connectivity index (χ0v) is 10.9. The quantitative estimate of drug-likeness (QED) is 0.817. The summed E-state index contributed by atoms with van der Waals surface area (Å²) in [6.07, 6.45) is 1.64. The molecule has 0 radical (unpaired) electrons. The lowest BCUT2D eigenvalue weighted by Crippen LogP contribution is -1.90. The van der Waals surface area contributed by atoms with Crippen LogP contribution in [0.2, 0.25) is 0 Å². The summed E-state index contributed by atoms with van der Waals surface area (Å²) in [5.74, 6) is 0.436. The summed E-state index contributed by atoms with van der Waals surface area (Å²) in [5.41, 5.74) is 0.917. The molecule has 6 heteroatoms. The molecule has 84 valence electrons. The zero-order valence-electron chi connectivity index (χ0n) is 8.52. The van der Waals surface area contributed by atoms with Crippen molar-refractivity contribution in [1.82, 2.24) is 14.8 Å². The average molecular weight is 302 g/mol. The first-order valence-corrected chi connectivity index (χ1v) is 6.35. The summed E-state index contributed by atoms with van der Waals surface area (Å²) >= 11 is 4.79. The standard InChI is InChI=1S/C10H9BrFN3S/c1-15-6-13-14-10(15)16-5-7-2-8(11)4-9(12)3-7/h2-4,6H,5H2,1H3. The van der Waals surface area contributed by atoms with E-state index >= 15 is 0 Å². The Morgan fingerprint density at radius 3 is 2.88 bits per heavy atom. The molecule has 0 aliphatic heterocycles. The number of halogens is 2.